The summed E-state index contributed by atoms with van der Waals surface area (Å²) < 4.78 is 30.9. The maximum Gasteiger partial charge on any atom is 0.248 e. The highest BCUT2D eigenvalue weighted by atomic mass is 19.3. The average molecular weight is 370 g/mol. The van der Waals surface area contributed by atoms with E-state index in [4.69, 9.17) is 5.73 Å². The van der Waals surface area contributed by atoms with E-state index in [1.54, 1.807) is 19.1 Å². The molecule has 7 nitrogen and oxygen atoms in total. The lowest BCUT2D eigenvalue weighted by atomic mass is 9.78. The number of hydrogen-bond donors (Lipinski definition) is 1. The maximum absolute atomic E-state index is 13.1. The van der Waals surface area contributed by atoms with Gasteiger partial charge in [0.15, 0.2) is 5.52 Å². The third-order valence-electron chi connectivity index (χ3n) is 4.93. The van der Waals surface area contributed by atoms with E-state index in [2.05, 4.69) is 31.0 Å². The molecule has 0 atom stereocenters. The SMILES string of the molecule is Cc1nc2nonc2c(N)c1Cc1ccc(C#N)c(CC2CC(F)(F)C2)n1. The largest absolute Gasteiger partial charge is 0.396 e. The molecule has 0 amide bonds. The lowest BCUT2D eigenvalue weighted by Crippen LogP contribution is -2.36. The Bertz CT molecular complexity index is 1060. The molecular formula is C18H16F2N6O. The molecule has 1 saturated carbocycles. The van der Waals surface area contributed by atoms with E-state index in [9.17, 15) is 14.0 Å². The van der Waals surface area contributed by atoms with Crippen LogP contribution in [0.4, 0.5) is 14.5 Å². The second-order valence-corrected chi connectivity index (χ2v) is 6.95. The van der Waals surface area contributed by atoms with E-state index < -0.39 is 5.92 Å². The lowest BCUT2D eigenvalue weighted by Gasteiger charge is -2.34. The van der Waals surface area contributed by atoms with Crippen LogP contribution < -0.4 is 5.73 Å². The van der Waals surface area contributed by atoms with Gasteiger partial charge in [-0.1, -0.05) is 0 Å². The fraction of sp³-hybridized carbons (Fsp3) is 0.389. The molecule has 1 aliphatic rings. The second-order valence-electron chi connectivity index (χ2n) is 6.95. The standard InChI is InChI=1S/C18H16F2N6O/c1-9-13(15(22)16-17(23-9)26-27-25-16)5-12-3-2-11(8-21)14(24-12)4-10-6-18(19,20)7-10/h2-3,10H,4-7,22H2,1H3. The van der Waals surface area contributed by atoms with Gasteiger partial charge in [0.2, 0.25) is 11.6 Å². The molecule has 0 bridgehead atoms. The minimum atomic E-state index is -2.59. The van der Waals surface area contributed by atoms with Gasteiger partial charge in [-0.3, -0.25) is 4.98 Å². The van der Waals surface area contributed by atoms with E-state index in [0.29, 0.717) is 52.3 Å². The van der Waals surface area contributed by atoms with Crippen LogP contribution in [0, 0.1) is 24.2 Å². The van der Waals surface area contributed by atoms with Gasteiger partial charge >= 0.3 is 0 Å². The fourth-order valence-corrected chi connectivity index (χ4v) is 3.50. The van der Waals surface area contributed by atoms with Crippen molar-refractivity contribution in [2.75, 3.05) is 5.73 Å². The number of nitrogens with zero attached hydrogens (tertiary/aromatic N) is 5. The quantitative estimate of drug-likeness (QED) is 0.751. The van der Waals surface area contributed by atoms with Gasteiger partial charge in [-0.05, 0) is 41.7 Å². The normalized spacial score (nSPS) is 16.2. The van der Waals surface area contributed by atoms with E-state index >= 15 is 0 Å². The Morgan fingerprint density at radius 1 is 1.30 bits per heavy atom. The van der Waals surface area contributed by atoms with E-state index in [-0.39, 0.29) is 18.8 Å². The first kappa shape index (κ1) is 17.3. The van der Waals surface area contributed by atoms with Gasteiger partial charge in [-0.15, -0.1) is 0 Å². The molecule has 3 aromatic rings. The molecule has 0 radical (unpaired) electrons. The molecule has 0 spiro atoms. The van der Waals surface area contributed by atoms with E-state index in [1.807, 2.05) is 0 Å². The Morgan fingerprint density at radius 2 is 2.07 bits per heavy atom. The summed E-state index contributed by atoms with van der Waals surface area (Å²) in [6, 6.07) is 5.49. The van der Waals surface area contributed by atoms with Crippen molar-refractivity contribution in [2.45, 2.75) is 38.5 Å². The first-order chi connectivity index (χ1) is 12.9. The van der Waals surface area contributed by atoms with Crippen molar-refractivity contribution < 1.29 is 13.4 Å². The summed E-state index contributed by atoms with van der Waals surface area (Å²) in [5, 5.41) is 16.8. The number of alkyl halides is 2. The zero-order valence-electron chi connectivity index (χ0n) is 14.5. The predicted molar refractivity (Wildman–Crippen MR) is 91.9 cm³/mol. The number of nitrogens with two attached hydrogens (primary N) is 1. The van der Waals surface area contributed by atoms with Crippen LogP contribution in [0.1, 0.15) is 41.1 Å². The summed E-state index contributed by atoms with van der Waals surface area (Å²) >= 11 is 0. The molecule has 27 heavy (non-hydrogen) atoms. The van der Waals surface area contributed by atoms with E-state index in [1.165, 1.54) is 0 Å². The van der Waals surface area contributed by atoms with Gasteiger partial charge in [0, 0.05) is 36.2 Å². The molecule has 3 heterocycles. The third kappa shape index (κ3) is 3.18. The number of rotatable bonds is 4. The molecule has 0 saturated heterocycles. The summed E-state index contributed by atoms with van der Waals surface area (Å²) in [6.45, 7) is 1.81. The van der Waals surface area contributed by atoms with Crippen molar-refractivity contribution in [3.8, 4) is 6.07 Å². The molecule has 0 unspecified atom stereocenters. The molecular weight excluding hydrogens is 354 g/mol. The predicted octanol–water partition coefficient (Wildman–Crippen LogP) is 2.95. The molecule has 0 aliphatic heterocycles. The van der Waals surface area contributed by atoms with Crippen molar-refractivity contribution in [1.29, 1.82) is 5.26 Å². The monoisotopic (exact) mass is 370 g/mol. The molecule has 138 valence electrons. The zero-order valence-corrected chi connectivity index (χ0v) is 14.5. The second kappa shape index (κ2) is 6.23. The molecule has 9 heteroatoms. The highest BCUT2D eigenvalue weighted by molar-refractivity contribution is 5.85. The van der Waals surface area contributed by atoms with Gasteiger partial charge in [0.1, 0.15) is 6.07 Å². The van der Waals surface area contributed by atoms with Gasteiger partial charge in [-0.2, -0.15) is 5.26 Å². The summed E-state index contributed by atoms with van der Waals surface area (Å²) in [6.07, 6.45) is 0.434. The van der Waals surface area contributed by atoms with Gasteiger partial charge in [0.25, 0.3) is 0 Å². The molecule has 3 aromatic heterocycles. The number of fused-ring (bicyclic) bond motifs is 1. The number of halogens is 2. The number of aryl methyl sites for hydroxylation is 1. The lowest BCUT2D eigenvalue weighted by molar-refractivity contribution is -0.109. The van der Waals surface area contributed by atoms with Crippen LogP contribution in [0.25, 0.3) is 11.2 Å². The number of nitrogen functional groups attached to an aromatic ring is 1. The average Bonchev–Trinajstić information content (AvgIpc) is 3.05. The highest BCUT2D eigenvalue weighted by Crippen LogP contribution is 2.44. The third-order valence-corrected chi connectivity index (χ3v) is 4.93. The number of anilines is 1. The Morgan fingerprint density at radius 3 is 2.78 bits per heavy atom. The van der Waals surface area contributed by atoms with Gasteiger partial charge in [-0.25, -0.2) is 18.4 Å². The fourth-order valence-electron chi connectivity index (χ4n) is 3.50. The topological polar surface area (TPSA) is 115 Å². The summed E-state index contributed by atoms with van der Waals surface area (Å²) in [5.41, 5.74) is 10.4. The van der Waals surface area contributed by atoms with Gasteiger partial charge < -0.3 is 5.73 Å². The molecule has 1 aliphatic carbocycles. The van der Waals surface area contributed by atoms with Crippen LogP contribution >= 0.6 is 0 Å². The maximum atomic E-state index is 13.1. The van der Waals surface area contributed by atoms with Crippen molar-refractivity contribution >= 4 is 16.9 Å². The minimum absolute atomic E-state index is 0.152. The molecule has 0 aromatic carbocycles. The zero-order chi connectivity index (χ0) is 19.2. The van der Waals surface area contributed by atoms with Crippen molar-refractivity contribution in [1.82, 2.24) is 20.3 Å². The van der Waals surface area contributed by atoms with Crippen LogP contribution in [0.15, 0.2) is 16.8 Å². The molecule has 1 fully saturated rings. The summed E-state index contributed by atoms with van der Waals surface area (Å²) in [7, 11) is 0. The Labute approximate surface area is 153 Å². The van der Waals surface area contributed by atoms with Crippen LogP contribution in [0.3, 0.4) is 0 Å². The van der Waals surface area contributed by atoms with Crippen LogP contribution in [0.5, 0.6) is 0 Å². The summed E-state index contributed by atoms with van der Waals surface area (Å²) in [5.74, 6) is -2.74. The van der Waals surface area contributed by atoms with E-state index in [0.717, 1.165) is 5.56 Å². The Hall–Kier alpha value is -3.15. The van der Waals surface area contributed by atoms with Crippen LogP contribution in [-0.4, -0.2) is 26.2 Å². The smallest absolute Gasteiger partial charge is 0.248 e. The van der Waals surface area contributed by atoms with Crippen molar-refractivity contribution in [2.24, 2.45) is 5.92 Å². The van der Waals surface area contributed by atoms with Crippen LogP contribution in [-0.2, 0) is 12.8 Å². The Balaban J connectivity index is 1.63. The molecule has 4 rings (SSSR count). The van der Waals surface area contributed by atoms with Crippen molar-refractivity contribution in [3.05, 3.63) is 40.3 Å². The minimum Gasteiger partial charge on any atom is -0.396 e. The highest BCUT2D eigenvalue weighted by Gasteiger charge is 2.45. The number of pyridine rings is 2. The first-order valence-corrected chi connectivity index (χ1v) is 8.50. The number of aromatic nitrogens is 4. The van der Waals surface area contributed by atoms with Crippen LogP contribution in [0.2, 0.25) is 0 Å². The number of nitriles is 1. The Kier molecular flexibility index (Phi) is 3.98. The van der Waals surface area contributed by atoms with Crippen molar-refractivity contribution in [3.63, 3.8) is 0 Å². The number of hydrogen-bond acceptors (Lipinski definition) is 7. The molecule has 2 N–H and O–H groups in total. The summed E-state index contributed by atoms with van der Waals surface area (Å²) in [4.78, 5) is 8.87. The van der Waals surface area contributed by atoms with Gasteiger partial charge in [0.05, 0.1) is 16.9 Å². The first-order valence-electron chi connectivity index (χ1n) is 8.50.